The van der Waals surface area contributed by atoms with Crippen molar-refractivity contribution in [1.82, 2.24) is 9.55 Å². The van der Waals surface area contributed by atoms with Crippen molar-refractivity contribution in [3.63, 3.8) is 0 Å². The van der Waals surface area contributed by atoms with Crippen LogP contribution in [0.3, 0.4) is 0 Å². The van der Waals surface area contributed by atoms with E-state index in [1.165, 1.54) is 29.1 Å². The quantitative estimate of drug-likeness (QED) is 0.471. The third-order valence-electron chi connectivity index (χ3n) is 2.80. The number of unbranched alkanes of at least 4 members (excludes halogenated alkanes) is 1. The van der Waals surface area contributed by atoms with Gasteiger partial charge in [-0.2, -0.15) is 0 Å². The van der Waals surface area contributed by atoms with Gasteiger partial charge in [0.25, 0.3) is 11.2 Å². The van der Waals surface area contributed by atoms with E-state index in [2.05, 4.69) is 4.98 Å². The first-order valence-corrected chi connectivity index (χ1v) is 5.83. The van der Waals surface area contributed by atoms with Crippen molar-refractivity contribution in [2.75, 3.05) is 6.67 Å². The van der Waals surface area contributed by atoms with Crippen LogP contribution in [0.4, 0.5) is 10.1 Å². The fraction of sp³-hybridized carbons (Fsp3) is 0.333. The number of benzene rings is 1. The zero-order chi connectivity index (χ0) is 13.8. The topological polar surface area (TPSA) is 78.0 Å². The zero-order valence-corrected chi connectivity index (χ0v) is 10.1. The van der Waals surface area contributed by atoms with E-state index >= 15 is 0 Å². The predicted octanol–water partition coefficient (Wildman–Crippen LogP) is 2.05. The molecule has 0 saturated heterocycles. The summed E-state index contributed by atoms with van der Waals surface area (Å²) in [6.07, 6.45) is 2.28. The Hall–Kier alpha value is -2.31. The van der Waals surface area contributed by atoms with Gasteiger partial charge >= 0.3 is 0 Å². The fourth-order valence-electron chi connectivity index (χ4n) is 1.80. The molecule has 0 N–H and O–H groups in total. The molecular formula is C12H12FN3O3. The molecule has 0 aliphatic carbocycles. The minimum Gasteiger partial charge on any atom is -0.299 e. The highest BCUT2D eigenvalue weighted by molar-refractivity contribution is 5.79. The smallest absolute Gasteiger partial charge is 0.270 e. The maximum absolute atomic E-state index is 12.1. The fourth-order valence-corrected chi connectivity index (χ4v) is 1.80. The monoisotopic (exact) mass is 265 g/mol. The summed E-state index contributed by atoms with van der Waals surface area (Å²) in [5, 5.41) is 10.9. The van der Waals surface area contributed by atoms with Crippen LogP contribution < -0.4 is 5.56 Å². The summed E-state index contributed by atoms with van der Waals surface area (Å²) in [6, 6.07) is 3.97. The van der Waals surface area contributed by atoms with Gasteiger partial charge in [-0.15, -0.1) is 0 Å². The third kappa shape index (κ3) is 2.75. The normalized spacial score (nSPS) is 10.8. The summed E-state index contributed by atoms with van der Waals surface area (Å²) in [5.41, 5.74) is -0.0715. The average Bonchev–Trinajstić information content (AvgIpc) is 2.41. The molecule has 6 nitrogen and oxygen atoms in total. The molecule has 0 atom stereocenters. The van der Waals surface area contributed by atoms with Crippen LogP contribution in [0.2, 0.25) is 0 Å². The van der Waals surface area contributed by atoms with Crippen molar-refractivity contribution < 1.29 is 9.31 Å². The van der Waals surface area contributed by atoms with Crippen LogP contribution in [0.25, 0.3) is 10.9 Å². The SMILES string of the molecule is O=c1c2cc([N+](=O)[O-])ccc2ncn1CCCCF. The highest BCUT2D eigenvalue weighted by Crippen LogP contribution is 2.16. The van der Waals surface area contributed by atoms with Gasteiger partial charge in [-0.1, -0.05) is 0 Å². The van der Waals surface area contributed by atoms with Gasteiger partial charge in [0.1, 0.15) is 0 Å². The Morgan fingerprint density at radius 2 is 2.16 bits per heavy atom. The van der Waals surface area contributed by atoms with Crippen LogP contribution in [0, 0.1) is 10.1 Å². The number of aryl methyl sites for hydroxylation is 1. The number of hydrogen-bond acceptors (Lipinski definition) is 4. The Morgan fingerprint density at radius 1 is 1.37 bits per heavy atom. The van der Waals surface area contributed by atoms with E-state index < -0.39 is 11.6 Å². The number of nitro groups is 1. The summed E-state index contributed by atoms with van der Waals surface area (Å²) in [4.78, 5) is 26.3. The van der Waals surface area contributed by atoms with Gasteiger partial charge in [0.15, 0.2) is 0 Å². The van der Waals surface area contributed by atoms with E-state index in [9.17, 15) is 19.3 Å². The second kappa shape index (κ2) is 5.55. The van der Waals surface area contributed by atoms with Gasteiger partial charge in [0.05, 0.1) is 28.8 Å². The van der Waals surface area contributed by atoms with Gasteiger partial charge in [0, 0.05) is 18.7 Å². The Morgan fingerprint density at radius 3 is 2.84 bits per heavy atom. The molecule has 1 aromatic heterocycles. The van der Waals surface area contributed by atoms with Crippen molar-refractivity contribution in [2.24, 2.45) is 0 Å². The van der Waals surface area contributed by atoms with Crippen molar-refractivity contribution in [2.45, 2.75) is 19.4 Å². The van der Waals surface area contributed by atoms with Crippen LogP contribution in [0.15, 0.2) is 29.3 Å². The van der Waals surface area contributed by atoms with Crippen LogP contribution in [-0.2, 0) is 6.54 Å². The van der Waals surface area contributed by atoms with E-state index in [1.54, 1.807) is 0 Å². The molecule has 1 heterocycles. The molecule has 100 valence electrons. The number of nitro benzene ring substituents is 1. The lowest BCUT2D eigenvalue weighted by atomic mass is 10.2. The van der Waals surface area contributed by atoms with Gasteiger partial charge < -0.3 is 0 Å². The van der Waals surface area contributed by atoms with E-state index in [1.807, 2.05) is 0 Å². The number of halogens is 1. The molecule has 0 aliphatic heterocycles. The number of alkyl halides is 1. The lowest BCUT2D eigenvalue weighted by Crippen LogP contribution is -2.20. The Bertz CT molecular complexity index is 669. The van der Waals surface area contributed by atoms with Crippen LogP contribution in [0.5, 0.6) is 0 Å². The number of hydrogen-bond donors (Lipinski definition) is 0. The van der Waals surface area contributed by atoms with E-state index in [0.29, 0.717) is 24.9 Å². The van der Waals surface area contributed by atoms with E-state index in [-0.39, 0.29) is 16.6 Å². The zero-order valence-electron chi connectivity index (χ0n) is 10.1. The number of nitrogens with zero attached hydrogens (tertiary/aromatic N) is 3. The largest absolute Gasteiger partial charge is 0.299 e. The van der Waals surface area contributed by atoms with Crippen molar-refractivity contribution >= 4 is 16.6 Å². The van der Waals surface area contributed by atoms with Crippen LogP contribution in [-0.4, -0.2) is 21.1 Å². The van der Waals surface area contributed by atoms with Crippen molar-refractivity contribution in [3.05, 3.63) is 45.0 Å². The number of fused-ring (bicyclic) bond motifs is 1. The van der Waals surface area contributed by atoms with Crippen LogP contribution in [0.1, 0.15) is 12.8 Å². The van der Waals surface area contributed by atoms with Gasteiger partial charge in [-0.25, -0.2) is 4.98 Å². The minimum atomic E-state index is -0.556. The first kappa shape index (κ1) is 13.1. The molecule has 19 heavy (non-hydrogen) atoms. The molecular weight excluding hydrogens is 253 g/mol. The summed E-state index contributed by atoms with van der Waals surface area (Å²) < 4.78 is 13.4. The molecule has 0 bridgehead atoms. The van der Waals surface area contributed by atoms with E-state index in [4.69, 9.17) is 0 Å². The third-order valence-corrected chi connectivity index (χ3v) is 2.80. The highest BCUT2D eigenvalue weighted by Gasteiger charge is 2.10. The number of rotatable bonds is 5. The molecule has 0 radical (unpaired) electrons. The number of non-ortho nitro benzene ring substituents is 1. The summed E-state index contributed by atoms with van der Waals surface area (Å²) in [7, 11) is 0. The van der Waals surface area contributed by atoms with Crippen molar-refractivity contribution in [3.8, 4) is 0 Å². The first-order valence-electron chi connectivity index (χ1n) is 5.83. The molecule has 0 fully saturated rings. The molecule has 2 rings (SSSR count). The molecule has 0 amide bonds. The van der Waals surface area contributed by atoms with E-state index in [0.717, 1.165) is 0 Å². The lowest BCUT2D eigenvalue weighted by molar-refractivity contribution is -0.384. The molecule has 1 aromatic carbocycles. The number of aromatic nitrogens is 2. The minimum absolute atomic E-state index is 0.145. The maximum Gasteiger partial charge on any atom is 0.270 e. The van der Waals surface area contributed by atoms with Crippen LogP contribution >= 0.6 is 0 Å². The summed E-state index contributed by atoms with van der Waals surface area (Å²) in [6.45, 7) is -0.0738. The molecule has 0 saturated carbocycles. The second-order valence-corrected chi connectivity index (χ2v) is 4.10. The Balaban J connectivity index is 2.44. The average molecular weight is 265 g/mol. The van der Waals surface area contributed by atoms with Gasteiger partial charge in [-0.05, 0) is 18.9 Å². The Labute approximate surface area is 107 Å². The molecule has 0 aliphatic rings. The van der Waals surface area contributed by atoms with Gasteiger partial charge in [-0.3, -0.25) is 23.9 Å². The Kier molecular flexibility index (Phi) is 3.84. The molecule has 2 aromatic rings. The molecule has 7 heteroatoms. The maximum atomic E-state index is 12.1. The van der Waals surface area contributed by atoms with Crippen molar-refractivity contribution in [1.29, 1.82) is 0 Å². The standard InChI is InChI=1S/C12H12FN3O3/c13-5-1-2-6-15-8-14-11-4-3-9(16(18)19)7-10(11)12(15)17/h3-4,7-8H,1-2,5-6H2. The summed E-state index contributed by atoms with van der Waals surface area (Å²) >= 11 is 0. The highest BCUT2D eigenvalue weighted by atomic mass is 19.1. The lowest BCUT2D eigenvalue weighted by Gasteiger charge is -2.05. The molecule has 0 spiro atoms. The predicted molar refractivity (Wildman–Crippen MR) is 67.9 cm³/mol. The first-order chi connectivity index (χ1) is 9.13. The van der Waals surface area contributed by atoms with Gasteiger partial charge in [0.2, 0.25) is 0 Å². The summed E-state index contributed by atoms with van der Waals surface area (Å²) in [5.74, 6) is 0. The second-order valence-electron chi connectivity index (χ2n) is 4.10. The molecule has 0 unspecified atom stereocenters.